The molecule has 0 atom stereocenters. The first-order valence-electron chi connectivity index (χ1n) is 4.29. The molecule has 78 valence electrons. The van der Waals surface area contributed by atoms with Crippen LogP contribution < -0.4 is 0 Å². The minimum atomic E-state index is -0.423. The minimum absolute atomic E-state index is 0.182. The van der Waals surface area contributed by atoms with Gasteiger partial charge in [-0.05, 0) is 20.8 Å². The van der Waals surface area contributed by atoms with Gasteiger partial charge in [-0.3, -0.25) is 4.79 Å². The highest BCUT2D eigenvalue weighted by molar-refractivity contribution is 6.17. The molecule has 0 spiro atoms. The lowest BCUT2D eigenvalue weighted by atomic mass is 9.97. The molecular formula is C9H17ClO3. The van der Waals surface area contributed by atoms with Gasteiger partial charge in [-0.2, -0.15) is 0 Å². The first-order valence-corrected chi connectivity index (χ1v) is 4.83. The second kappa shape index (κ2) is 6.22. The Morgan fingerprint density at radius 3 is 2.38 bits per heavy atom. The van der Waals surface area contributed by atoms with E-state index in [9.17, 15) is 4.79 Å². The summed E-state index contributed by atoms with van der Waals surface area (Å²) < 4.78 is 9.87. The molecule has 0 aromatic heterocycles. The normalized spacial score (nSPS) is 11.4. The fraction of sp³-hybridized carbons (Fsp3) is 0.889. The van der Waals surface area contributed by atoms with Crippen molar-refractivity contribution < 1.29 is 14.3 Å². The Morgan fingerprint density at radius 2 is 1.92 bits per heavy atom. The third kappa shape index (κ3) is 6.84. The van der Waals surface area contributed by atoms with Crippen LogP contribution in [0.4, 0.5) is 0 Å². The maximum Gasteiger partial charge on any atom is 0.311 e. The zero-order valence-corrected chi connectivity index (χ0v) is 9.19. The van der Waals surface area contributed by atoms with Gasteiger partial charge in [0, 0.05) is 6.42 Å². The summed E-state index contributed by atoms with van der Waals surface area (Å²) in [6.45, 7) is 6.40. The minimum Gasteiger partial charge on any atom is -0.465 e. The molecule has 0 N–H and O–H groups in total. The molecule has 3 nitrogen and oxygen atoms in total. The Hall–Kier alpha value is -0.280. The second-order valence-electron chi connectivity index (χ2n) is 3.76. The SMILES string of the molecule is CC(C)(C)C(=O)OCCCOCCl. The van der Waals surface area contributed by atoms with Gasteiger partial charge in [-0.1, -0.05) is 11.6 Å². The van der Waals surface area contributed by atoms with Crippen LogP contribution in [0.25, 0.3) is 0 Å². The van der Waals surface area contributed by atoms with Crippen LogP contribution in [-0.2, 0) is 14.3 Å². The smallest absolute Gasteiger partial charge is 0.311 e. The van der Waals surface area contributed by atoms with Crippen molar-refractivity contribution in [1.29, 1.82) is 0 Å². The molecule has 0 aliphatic carbocycles. The lowest BCUT2D eigenvalue weighted by molar-refractivity contribution is -0.153. The molecule has 13 heavy (non-hydrogen) atoms. The van der Waals surface area contributed by atoms with Crippen LogP contribution in [0.2, 0.25) is 0 Å². The van der Waals surface area contributed by atoms with Crippen molar-refractivity contribution in [2.24, 2.45) is 5.41 Å². The number of rotatable bonds is 5. The summed E-state index contributed by atoms with van der Waals surface area (Å²) in [6, 6.07) is 0.188. The Bertz CT molecular complexity index is 151. The van der Waals surface area contributed by atoms with Gasteiger partial charge < -0.3 is 9.47 Å². The number of hydrogen-bond donors (Lipinski definition) is 0. The Labute approximate surface area is 84.4 Å². The Kier molecular flexibility index (Phi) is 6.08. The van der Waals surface area contributed by atoms with Crippen LogP contribution in [0, 0.1) is 5.41 Å². The number of halogens is 1. The van der Waals surface area contributed by atoms with E-state index in [2.05, 4.69) is 0 Å². The second-order valence-corrected chi connectivity index (χ2v) is 3.98. The van der Waals surface area contributed by atoms with E-state index < -0.39 is 5.41 Å². The van der Waals surface area contributed by atoms with Crippen molar-refractivity contribution in [3.05, 3.63) is 0 Å². The molecule has 0 aliphatic heterocycles. The topological polar surface area (TPSA) is 35.5 Å². The molecular weight excluding hydrogens is 192 g/mol. The van der Waals surface area contributed by atoms with Crippen LogP contribution in [0.5, 0.6) is 0 Å². The van der Waals surface area contributed by atoms with Crippen molar-refractivity contribution in [2.75, 3.05) is 19.3 Å². The van der Waals surface area contributed by atoms with E-state index in [-0.39, 0.29) is 12.0 Å². The molecule has 0 bridgehead atoms. The number of carbonyl (C=O) groups is 1. The summed E-state index contributed by atoms with van der Waals surface area (Å²) in [6.07, 6.45) is 0.689. The summed E-state index contributed by atoms with van der Waals surface area (Å²) in [7, 11) is 0. The zero-order chi connectivity index (χ0) is 10.3. The number of carbonyl (C=O) groups excluding carboxylic acids is 1. The van der Waals surface area contributed by atoms with Crippen LogP contribution in [0.1, 0.15) is 27.2 Å². The fourth-order valence-electron chi connectivity index (χ4n) is 0.597. The van der Waals surface area contributed by atoms with Gasteiger partial charge >= 0.3 is 5.97 Å². The van der Waals surface area contributed by atoms with E-state index >= 15 is 0 Å². The predicted octanol–water partition coefficient (Wildman–Crippen LogP) is 2.18. The highest BCUT2D eigenvalue weighted by atomic mass is 35.5. The van der Waals surface area contributed by atoms with Crippen LogP contribution in [0.3, 0.4) is 0 Å². The van der Waals surface area contributed by atoms with Gasteiger partial charge in [0.2, 0.25) is 0 Å². The van der Waals surface area contributed by atoms with Crippen molar-refractivity contribution in [3.8, 4) is 0 Å². The predicted molar refractivity (Wildman–Crippen MR) is 51.7 cm³/mol. The molecule has 0 fully saturated rings. The number of alkyl halides is 1. The summed E-state index contributed by atoms with van der Waals surface area (Å²) in [5, 5.41) is 0. The average molecular weight is 209 g/mol. The Balaban J connectivity index is 3.38. The van der Waals surface area contributed by atoms with Crippen molar-refractivity contribution in [2.45, 2.75) is 27.2 Å². The number of esters is 1. The molecule has 0 heterocycles. The third-order valence-electron chi connectivity index (χ3n) is 1.36. The van der Waals surface area contributed by atoms with Crippen molar-refractivity contribution in [3.63, 3.8) is 0 Å². The lowest BCUT2D eigenvalue weighted by Gasteiger charge is -2.16. The van der Waals surface area contributed by atoms with E-state index in [1.54, 1.807) is 0 Å². The van der Waals surface area contributed by atoms with E-state index in [4.69, 9.17) is 21.1 Å². The van der Waals surface area contributed by atoms with E-state index in [1.807, 2.05) is 20.8 Å². The Morgan fingerprint density at radius 1 is 1.31 bits per heavy atom. The monoisotopic (exact) mass is 208 g/mol. The maximum atomic E-state index is 11.2. The lowest BCUT2D eigenvalue weighted by Crippen LogP contribution is -2.23. The largest absolute Gasteiger partial charge is 0.465 e. The van der Waals surface area contributed by atoms with Crippen molar-refractivity contribution >= 4 is 17.6 Å². The van der Waals surface area contributed by atoms with E-state index in [1.165, 1.54) is 0 Å². The number of hydrogen-bond acceptors (Lipinski definition) is 3. The zero-order valence-electron chi connectivity index (χ0n) is 8.43. The van der Waals surface area contributed by atoms with Gasteiger partial charge in [-0.25, -0.2) is 0 Å². The molecule has 0 amide bonds. The summed E-state index contributed by atoms with van der Waals surface area (Å²) in [4.78, 5) is 11.2. The molecule has 0 aliphatic rings. The first kappa shape index (κ1) is 12.7. The molecule has 0 saturated heterocycles. The van der Waals surface area contributed by atoms with Gasteiger partial charge in [0.15, 0.2) is 0 Å². The van der Waals surface area contributed by atoms with Crippen LogP contribution >= 0.6 is 11.6 Å². The highest BCUT2D eigenvalue weighted by Crippen LogP contribution is 2.14. The van der Waals surface area contributed by atoms with Gasteiger partial charge in [0.25, 0.3) is 0 Å². The van der Waals surface area contributed by atoms with Crippen LogP contribution in [0.15, 0.2) is 0 Å². The van der Waals surface area contributed by atoms with Gasteiger partial charge in [0.05, 0.1) is 18.6 Å². The van der Waals surface area contributed by atoms with Gasteiger partial charge in [-0.15, -0.1) is 0 Å². The molecule has 0 radical (unpaired) electrons. The van der Waals surface area contributed by atoms with Crippen molar-refractivity contribution in [1.82, 2.24) is 0 Å². The molecule has 4 heteroatoms. The molecule has 0 saturated carbocycles. The van der Waals surface area contributed by atoms with Gasteiger partial charge in [0.1, 0.15) is 6.07 Å². The summed E-state index contributed by atoms with van der Waals surface area (Å²) in [5.74, 6) is -0.182. The molecule has 0 unspecified atom stereocenters. The maximum absolute atomic E-state index is 11.2. The highest BCUT2D eigenvalue weighted by Gasteiger charge is 2.22. The molecule has 0 aromatic rings. The first-order chi connectivity index (χ1) is 5.98. The summed E-state index contributed by atoms with van der Waals surface area (Å²) in [5.41, 5.74) is -0.423. The number of ether oxygens (including phenoxy) is 2. The quantitative estimate of drug-likeness (QED) is 0.395. The molecule has 0 rings (SSSR count). The van der Waals surface area contributed by atoms with Crippen LogP contribution in [-0.4, -0.2) is 25.2 Å². The summed E-state index contributed by atoms with van der Waals surface area (Å²) >= 11 is 5.29. The third-order valence-corrected chi connectivity index (χ3v) is 1.51. The standard InChI is InChI=1S/C9H17ClO3/c1-9(2,3)8(11)13-6-4-5-12-7-10/h4-7H2,1-3H3. The van der Waals surface area contributed by atoms with E-state index in [0.29, 0.717) is 19.6 Å². The average Bonchev–Trinajstić information content (AvgIpc) is 2.02. The molecule has 0 aromatic carbocycles. The van der Waals surface area contributed by atoms with E-state index in [0.717, 1.165) is 0 Å². The fourth-order valence-corrected chi connectivity index (χ4v) is 0.706.